The van der Waals surface area contributed by atoms with E-state index in [0.29, 0.717) is 5.69 Å². The van der Waals surface area contributed by atoms with Crippen LogP contribution in [0.5, 0.6) is 0 Å². The van der Waals surface area contributed by atoms with Gasteiger partial charge in [-0.15, -0.1) is 0 Å². The standard InChI is InChI=1S/C14H16N4O/c1-9-5-6-15-10(2)13(9)16-14(19)12-8-11-4-3-7-18(11)17-12/h5-6,8H,3-4,7H2,1-2H3,(H,16,19). The Morgan fingerprint density at radius 3 is 3.00 bits per heavy atom. The minimum absolute atomic E-state index is 0.166. The van der Waals surface area contributed by atoms with Gasteiger partial charge in [-0.1, -0.05) is 0 Å². The van der Waals surface area contributed by atoms with Crippen molar-refractivity contribution in [1.82, 2.24) is 14.8 Å². The Balaban J connectivity index is 1.85. The quantitative estimate of drug-likeness (QED) is 0.895. The van der Waals surface area contributed by atoms with Gasteiger partial charge in [0.25, 0.3) is 5.91 Å². The van der Waals surface area contributed by atoms with E-state index in [0.717, 1.165) is 42.0 Å². The molecule has 19 heavy (non-hydrogen) atoms. The number of aryl methyl sites for hydroxylation is 4. The Bertz CT molecular complexity index is 603. The van der Waals surface area contributed by atoms with Crippen molar-refractivity contribution in [2.45, 2.75) is 33.2 Å². The summed E-state index contributed by atoms with van der Waals surface area (Å²) in [5.41, 5.74) is 4.23. The molecule has 0 saturated heterocycles. The second-order valence-corrected chi connectivity index (χ2v) is 4.89. The SMILES string of the molecule is Cc1ccnc(C)c1NC(=O)c1cc2n(n1)CCC2. The first-order valence-electron chi connectivity index (χ1n) is 6.45. The Morgan fingerprint density at radius 1 is 1.42 bits per heavy atom. The lowest BCUT2D eigenvalue weighted by Crippen LogP contribution is -2.15. The van der Waals surface area contributed by atoms with Gasteiger partial charge in [0.15, 0.2) is 5.69 Å². The van der Waals surface area contributed by atoms with Crippen LogP contribution in [0.25, 0.3) is 0 Å². The van der Waals surface area contributed by atoms with Crippen LogP contribution in [0.4, 0.5) is 5.69 Å². The highest BCUT2D eigenvalue weighted by atomic mass is 16.2. The van der Waals surface area contributed by atoms with Crippen molar-refractivity contribution >= 4 is 11.6 Å². The minimum Gasteiger partial charge on any atom is -0.319 e. The fourth-order valence-corrected chi connectivity index (χ4v) is 2.43. The van der Waals surface area contributed by atoms with Crippen molar-refractivity contribution in [2.75, 3.05) is 5.32 Å². The predicted octanol–water partition coefficient (Wildman–Crippen LogP) is 2.09. The number of nitrogens with zero attached hydrogens (tertiary/aromatic N) is 3. The van der Waals surface area contributed by atoms with Gasteiger partial charge in [0.2, 0.25) is 0 Å². The zero-order valence-electron chi connectivity index (χ0n) is 11.1. The Morgan fingerprint density at radius 2 is 2.26 bits per heavy atom. The highest BCUT2D eigenvalue weighted by molar-refractivity contribution is 6.03. The maximum atomic E-state index is 12.2. The van der Waals surface area contributed by atoms with E-state index in [1.165, 1.54) is 0 Å². The lowest BCUT2D eigenvalue weighted by molar-refractivity contribution is 0.102. The Hall–Kier alpha value is -2.17. The van der Waals surface area contributed by atoms with Crippen LogP contribution in [0.1, 0.15) is 33.9 Å². The maximum Gasteiger partial charge on any atom is 0.276 e. The van der Waals surface area contributed by atoms with Crippen LogP contribution in [0.15, 0.2) is 18.3 Å². The van der Waals surface area contributed by atoms with Gasteiger partial charge in [-0.3, -0.25) is 14.5 Å². The van der Waals surface area contributed by atoms with Gasteiger partial charge in [0.1, 0.15) is 0 Å². The normalized spacial score (nSPS) is 13.4. The first-order valence-corrected chi connectivity index (χ1v) is 6.45. The number of carbonyl (C=O) groups is 1. The summed E-state index contributed by atoms with van der Waals surface area (Å²) in [5, 5.41) is 7.24. The molecule has 0 bridgehead atoms. The molecule has 5 heteroatoms. The number of nitrogens with one attached hydrogen (secondary N) is 1. The summed E-state index contributed by atoms with van der Waals surface area (Å²) < 4.78 is 1.91. The molecule has 0 atom stereocenters. The van der Waals surface area contributed by atoms with Gasteiger partial charge in [0, 0.05) is 18.4 Å². The van der Waals surface area contributed by atoms with Crippen LogP contribution in [0.2, 0.25) is 0 Å². The van der Waals surface area contributed by atoms with E-state index in [9.17, 15) is 4.79 Å². The molecule has 2 aromatic heterocycles. The molecular formula is C14H16N4O. The van der Waals surface area contributed by atoms with Crippen molar-refractivity contribution in [3.63, 3.8) is 0 Å². The highest BCUT2D eigenvalue weighted by Crippen LogP contribution is 2.19. The fourth-order valence-electron chi connectivity index (χ4n) is 2.43. The Kier molecular flexibility index (Phi) is 2.81. The van der Waals surface area contributed by atoms with Crippen LogP contribution in [-0.4, -0.2) is 20.7 Å². The highest BCUT2D eigenvalue weighted by Gasteiger charge is 2.18. The summed E-state index contributed by atoms with van der Waals surface area (Å²) in [7, 11) is 0. The summed E-state index contributed by atoms with van der Waals surface area (Å²) in [6.45, 7) is 4.75. The summed E-state index contributed by atoms with van der Waals surface area (Å²) in [6, 6.07) is 3.76. The molecule has 2 aromatic rings. The predicted molar refractivity (Wildman–Crippen MR) is 72.2 cm³/mol. The Labute approximate surface area is 111 Å². The zero-order valence-corrected chi connectivity index (χ0v) is 11.1. The van der Waals surface area contributed by atoms with E-state index in [4.69, 9.17) is 0 Å². The van der Waals surface area contributed by atoms with Gasteiger partial charge >= 0.3 is 0 Å². The topological polar surface area (TPSA) is 59.8 Å². The fraction of sp³-hybridized carbons (Fsp3) is 0.357. The molecule has 0 radical (unpaired) electrons. The smallest absolute Gasteiger partial charge is 0.276 e. The van der Waals surface area contributed by atoms with E-state index < -0.39 is 0 Å². The molecule has 0 saturated carbocycles. The molecule has 5 nitrogen and oxygen atoms in total. The monoisotopic (exact) mass is 256 g/mol. The second-order valence-electron chi connectivity index (χ2n) is 4.89. The first kappa shape index (κ1) is 11.9. The number of fused-ring (bicyclic) bond motifs is 1. The molecule has 1 aliphatic rings. The summed E-state index contributed by atoms with van der Waals surface area (Å²) in [6.07, 6.45) is 3.86. The van der Waals surface area contributed by atoms with Crippen molar-refractivity contribution in [1.29, 1.82) is 0 Å². The van der Waals surface area contributed by atoms with Crippen LogP contribution in [0.3, 0.4) is 0 Å². The van der Waals surface area contributed by atoms with E-state index in [2.05, 4.69) is 15.4 Å². The number of anilines is 1. The minimum atomic E-state index is -0.166. The van der Waals surface area contributed by atoms with Crippen molar-refractivity contribution in [2.24, 2.45) is 0 Å². The van der Waals surface area contributed by atoms with Crippen molar-refractivity contribution < 1.29 is 4.79 Å². The number of amides is 1. The number of hydrogen-bond acceptors (Lipinski definition) is 3. The number of carbonyl (C=O) groups excluding carboxylic acids is 1. The van der Waals surface area contributed by atoms with Gasteiger partial charge in [-0.05, 0) is 44.4 Å². The molecule has 3 rings (SSSR count). The zero-order chi connectivity index (χ0) is 13.4. The third kappa shape index (κ3) is 2.12. The van der Waals surface area contributed by atoms with E-state index in [1.807, 2.05) is 30.7 Å². The largest absolute Gasteiger partial charge is 0.319 e. The third-order valence-electron chi connectivity index (χ3n) is 3.49. The molecule has 0 aromatic carbocycles. The molecule has 0 aliphatic carbocycles. The molecule has 0 unspecified atom stereocenters. The molecule has 0 spiro atoms. The average molecular weight is 256 g/mol. The lowest BCUT2D eigenvalue weighted by atomic mass is 10.2. The molecule has 98 valence electrons. The molecule has 0 fully saturated rings. The number of hydrogen-bond donors (Lipinski definition) is 1. The van der Waals surface area contributed by atoms with Crippen LogP contribution in [-0.2, 0) is 13.0 Å². The summed E-state index contributed by atoms with van der Waals surface area (Å²) in [5.74, 6) is -0.166. The molecular weight excluding hydrogens is 240 g/mol. The van der Waals surface area contributed by atoms with Gasteiger partial charge in [0.05, 0.1) is 11.4 Å². The van der Waals surface area contributed by atoms with E-state index in [-0.39, 0.29) is 5.91 Å². The van der Waals surface area contributed by atoms with Crippen LogP contribution < -0.4 is 5.32 Å². The first-order chi connectivity index (χ1) is 9.15. The molecule has 3 heterocycles. The molecule has 1 N–H and O–H groups in total. The number of pyridine rings is 1. The third-order valence-corrected chi connectivity index (χ3v) is 3.49. The number of aromatic nitrogens is 3. The molecule has 1 amide bonds. The van der Waals surface area contributed by atoms with Crippen molar-refractivity contribution in [3.8, 4) is 0 Å². The van der Waals surface area contributed by atoms with Gasteiger partial charge < -0.3 is 5.32 Å². The van der Waals surface area contributed by atoms with Crippen LogP contribution in [0, 0.1) is 13.8 Å². The summed E-state index contributed by atoms with van der Waals surface area (Å²) in [4.78, 5) is 16.4. The van der Waals surface area contributed by atoms with Gasteiger partial charge in [-0.2, -0.15) is 5.10 Å². The van der Waals surface area contributed by atoms with Crippen LogP contribution >= 0.6 is 0 Å². The van der Waals surface area contributed by atoms with Gasteiger partial charge in [-0.25, -0.2) is 0 Å². The van der Waals surface area contributed by atoms with E-state index in [1.54, 1.807) is 6.20 Å². The van der Waals surface area contributed by atoms with Crippen molar-refractivity contribution in [3.05, 3.63) is 41.0 Å². The number of rotatable bonds is 2. The maximum absolute atomic E-state index is 12.2. The summed E-state index contributed by atoms with van der Waals surface area (Å²) >= 11 is 0. The van der Waals surface area contributed by atoms with E-state index >= 15 is 0 Å². The molecule has 1 aliphatic heterocycles. The average Bonchev–Trinajstić information content (AvgIpc) is 2.94. The second kappa shape index (κ2) is 4.50. The lowest BCUT2D eigenvalue weighted by Gasteiger charge is -2.09.